The van der Waals surface area contributed by atoms with E-state index in [1.807, 2.05) is 70.3 Å². The zero-order valence-electron chi connectivity index (χ0n) is 19.3. The van der Waals surface area contributed by atoms with Crippen LogP contribution in [0.4, 0.5) is 0 Å². The summed E-state index contributed by atoms with van der Waals surface area (Å²) in [6, 6.07) is 12.1. The van der Waals surface area contributed by atoms with Gasteiger partial charge in [0.25, 0.3) is 0 Å². The topological polar surface area (TPSA) is 81.0 Å². The van der Waals surface area contributed by atoms with Crippen LogP contribution in [0.1, 0.15) is 53.2 Å². The van der Waals surface area contributed by atoms with Gasteiger partial charge in [-0.3, -0.25) is 4.98 Å². The first-order valence-corrected chi connectivity index (χ1v) is 10.8. The summed E-state index contributed by atoms with van der Waals surface area (Å²) in [7, 11) is 0.433. The molecule has 1 aromatic carbocycles. The van der Waals surface area contributed by atoms with E-state index in [2.05, 4.69) is 19.9 Å². The maximum atomic E-state index is 10.2. The van der Waals surface area contributed by atoms with Crippen molar-refractivity contribution < 1.29 is 9.76 Å². The highest BCUT2D eigenvalue weighted by Gasteiger charge is 2.35. The smallest absolute Gasteiger partial charge is 0.309 e. The summed E-state index contributed by atoms with van der Waals surface area (Å²) < 4.78 is 5.94. The van der Waals surface area contributed by atoms with E-state index in [1.54, 1.807) is 13.8 Å². The fraction of sp³-hybridized carbons (Fsp3) is 0.417. The van der Waals surface area contributed by atoms with Crippen molar-refractivity contribution in [2.75, 3.05) is 0 Å². The number of rotatable bonds is 8. The predicted octanol–water partition coefficient (Wildman–Crippen LogP) is 3.27. The fourth-order valence-corrected chi connectivity index (χ4v) is 2.82. The van der Waals surface area contributed by atoms with Crippen molar-refractivity contribution in [2.45, 2.75) is 65.6 Å². The second kappa shape index (κ2) is 9.24. The highest BCUT2D eigenvalue weighted by atomic mass is 16.5. The minimum Gasteiger partial charge on any atom is -0.427 e. The van der Waals surface area contributed by atoms with Crippen LogP contribution in [0.3, 0.4) is 0 Å². The summed E-state index contributed by atoms with van der Waals surface area (Å²) in [6.45, 7) is 11.4. The van der Waals surface area contributed by atoms with Gasteiger partial charge in [-0.1, -0.05) is 43.6 Å². The second-order valence-corrected chi connectivity index (χ2v) is 8.69. The van der Waals surface area contributed by atoms with E-state index in [0.29, 0.717) is 13.3 Å². The molecule has 0 amide bonds. The summed E-state index contributed by atoms with van der Waals surface area (Å²) >= 11 is 0. The zero-order valence-corrected chi connectivity index (χ0v) is 19.3. The number of aromatic nitrogens is 4. The van der Waals surface area contributed by atoms with Crippen LogP contribution in [-0.4, -0.2) is 43.7 Å². The Bertz CT molecular complexity index is 991. The average Bonchev–Trinajstić information content (AvgIpc) is 2.77. The Hall–Kier alpha value is -2.64. The Morgan fingerprint density at radius 1 is 0.839 bits per heavy atom. The van der Waals surface area contributed by atoms with Crippen molar-refractivity contribution in [3.05, 3.63) is 54.2 Å². The van der Waals surface area contributed by atoms with Crippen LogP contribution in [0, 0.1) is 0 Å². The van der Waals surface area contributed by atoms with E-state index in [1.165, 1.54) is 0 Å². The molecule has 2 heterocycles. The summed E-state index contributed by atoms with van der Waals surface area (Å²) in [4.78, 5) is 18.2. The third-order valence-corrected chi connectivity index (χ3v) is 5.70. The molecule has 0 aliphatic heterocycles. The molecule has 0 saturated heterocycles. The molecular formula is C24H31BN4O2. The van der Waals surface area contributed by atoms with Crippen molar-refractivity contribution >= 4 is 12.9 Å². The lowest BCUT2D eigenvalue weighted by molar-refractivity contribution is -0.0893. The quantitative estimate of drug-likeness (QED) is 0.566. The van der Waals surface area contributed by atoms with E-state index in [-0.39, 0.29) is 0 Å². The molecule has 0 saturated carbocycles. The van der Waals surface area contributed by atoms with Crippen LogP contribution < -0.4 is 5.46 Å². The zero-order chi connectivity index (χ0) is 22.6. The van der Waals surface area contributed by atoms with E-state index in [4.69, 9.17) is 4.65 Å². The second-order valence-electron chi connectivity index (χ2n) is 8.69. The number of hydrogen-bond donors (Lipinski definition) is 1. The molecule has 2 aromatic heterocycles. The van der Waals surface area contributed by atoms with E-state index in [9.17, 15) is 5.11 Å². The van der Waals surface area contributed by atoms with Crippen molar-refractivity contribution in [2.24, 2.45) is 0 Å². The minimum absolute atomic E-state index is 0.433. The molecule has 1 N–H and O–H groups in total. The van der Waals surface area contributed by atoms with Crippen molar-refractivity contribution in [1.29, 1.82) is 0 Å². The molecule has 3 rings (SSSR count). The molecule has 0 aliphatic carbocycles. The van der Waals surface area contributed by atoms with Gasteiger partial charge in [0.15, 0.2) is 5.82 Å². The van der Waals surface area contributed by atoms with Crippen LogP contribution in [0.15, 0.2) is 42.6 Å². The Balaban J connectivity index is 1.73. The van der Waals surface area contributed by atoms with Gasteiger partial charge in [-0.25, -0.2) is 15.0 Å². The summed E-state index contributed by atoms with van der Waals surface area (Å²) in [6.07, 6.45) is 3.36. The highest BCUT2D eigenvalue weighted by Crippen LogP contribution is 2.24. The molecule has 0 radical (unpaired) electrons. The number of nitrogens with zero attached hydrogens (tertiary/aromatic N) is 4. The first-order chi connectivity index (χ1) is 14.6. The van der Waals surface area contributed by atoms with Crippen LogP contribution in [-0.2, 0) is 17.5 Å². The molecule has 0 bridgehead atoms. The van der Waals surface area contributed by atoms with Crippen molar-refractivity contribution in [3.63, 3.8) is 0 Å². The molecular weight excluding hydrogens is 387 g/mol. The van der Waals surface area contributed by atoms with E-state index in [0.717, 1.165) is 46.8 Å². The molecule has 0 fully saturated rings. The molecule has 7 heteroatoms. The van der Waals surface area contributed by atoms with Crippen molar-refractivity contribution in [3.8, 4) is 22.6 Å². The van der Waals surface area contributed by atoms with Gasteiger partial charge in [0.2, 0.25) is 0 Å². The lowest BCUT2D eigenvalue weighted by atomic mass is 9.82. The number of aliphatic hydroxyl groups is 1. The van der Waals surface area contributed by atoms with Gasteiger partial charge >= 0.3 is 7.48 Å². The average molecular weight is 418 g/mol. The summed E-state index contributed by atoms with van der Waals surface area (Å²) in [5, 5.41) is 10.2. The summed E-state index contributed by atoms with van der Waals surface area (Å²) in [5.41, 5.74) is 2.27. The van der Waals surface area contributed by atoms with Gasteiger partial charge in [-0.2, -0.15) is 0 Å². The molecule has 0 unspecified atom stereocenters. The summed E-state index contributed by atoms with van der Waals surface area (Å²) in [5.74, 6) is 2.28. The van der Waals surface area contributed by atoms with E-state index < -0.39 is 11.2 Å². The van der Waals surface area contributed by atoms with Gasteiger partial charge < -0.3 is 9.76 Å². The fourth-order valence-electron chi connectivity index (χ4n) is 2.82. The predicted molar refractivity (Wildman–Crippen MR) is 125 cm³/mol. The van der Waals surface area contributed by atoms with E-state index >= 15 is 0 Å². The third kappa shape index (κ3) is 5.54. The van der Waals surface area contributed by atoms with Gasteiger partial charge in [0.05, 0.1) is 16.9 Å². The first-order valence-electron chi connectivity index (χ1n) is 10.8. The maximum absolute atomic E-state index is 10.2. The Labute approximate surface area is 185 Å². The molecule has 0 aliphatic rings. The Kier molecular flexibility index (Phi) is 6.87. The van der Waals surface area contributed by atoms with Crippen LogP contribution in [0.5, 0.6) is 0 Å². The van der Waals surface area contributed by atoms with Crippen molar-refractivity contribution in [1.82, 2.24) is 19.9 Å². The highest BCUT2D eigenvalue weighted by molar-refractivity contribution is 6.47. The number of benzene rings is 1. The standard InChI is InChI=1S/C24H31BN4O2/c1-7-20-27-21(8-2)29-22(28-20)17-11-14-19(26-15-17)16-9-12-18(13-10-16)25-31-24(5,6)23(3,4)30/h9-15,25,30H,7-8H2,1-6H3. The SMILES string of the molecule is CCc1nc(CC)nc(-c2ccc(-c3ccc(BOC(C)(C)C(C)(C)O)cc3)nc2)n1. The molecule has 3 aromatic rings. The maximum Gasteiger partial charge on any atom is 0.309 e. The number of pyridine rings is 1. The monoisotopic (exact) mass is 418 g/mol. The van der Waals surface area contributed by atoms with Gasteiger partial charge in [-0.15, -0.1) is 0 Å². The first kappa shape index (κ1) is 23.0. The number of aryl methyl sites for hydroxylation is 2. The lowest BCUT2D eigenvalue weighted by Gasteiger charge is -2.37. The molecule has 31 heavy (non-hydrogen) atoms. The van der Waals surface area contributed by atoms with Crippen LogP contribution in [0.25, 0.3) is 22.6 Å². The molecule has 6 nitrogen and oxygen atoms in total. The van der Waals surface area contributed by atoms with Gasteiger partial charge in [0.1, 0.15) is 11.6 Å². The third-order valence-electron chi connectivity index (χ3n) is 5.70. The lowest BCUT2D eigenvalue weighted by Crippen LogP contribution is -2.49. The Morgan fingerprint density at radius 3 is 1.90 bits per heavy atom. The van der Waals surface area contributed by atoms with Gasteiger partial charge in [0, 0.05) is 30.2 Å². The van der Waals surface area contributed by atoms with Crippen LogP contribution in [0.2, 0.25) is 0 Å². The Morgan fingerprint density at radius 2 is 1.42 bits per heavy atom. The van der Waals surface area contributed by atoms with Crippen LogP contribution >= 0.6 is 0 Å². The molecule has 0 atom stereocenters. The molecule has 162 valence electrons. The number of hydrogen-bond acceptors (Lipinski definition) is 6. The molecule has 0 spiro atoms. The minimum atomic E-state index is -0.924. The largest absolute Gasteiger partial charge is 0.427 e. The normalized spacial score (nSPS) is 12.1. The van der Waals surface area contributed by atoms with Gasteiger partial charge in [-0.05, 0) is 39.8 Å².